The summed E-state index contributed by atoms with van der Waals surface area (Å²) in [7, 11) is 0. The number of nitrogens with one attached hydrogen (secondary N) is 1. The quantitative estimate of drug-likeness (QED) is 0.684. The Morgan fingerprint density at radius 2 is 1.86 bits per heavy atom. The van der Waals surface area contributed by atoms with Gasteiger partial charge in [-0.25, -0.2) is 0 Å². The van der Waals surface area contributed by atoms with Crippen molar-refractivity contribution in [3.05, 3.63) is 78.2 Å². The smallest absolute Gasteiger partial charge is 0.151 e. The fourth-order valence-corrected chi connectivity index (χ4v) is 3.43. The van der Waals surface area contributed by atoms with E-state index >= 15 is 0 Å². The molecule has 1 N–H and O–H groups in total. The van der Waals surface area contributed by atoms with Crippen molar-refractivity contribution in [1.29, 1.82) is 0 Å². The van der Waals surface area contributed by atoms with Crippen molar-refractivity contribution in [3.8, 4) is 5.75 Å². The van der Waals surface area contributed by atoms with Crippen LogP contribution in [0.5, 0.6) is 5.75 Å². The molecule has 3 heterocycles. The van der Waals surface area contributed by atoms with Crippen LogP contribution in [0, 0.1) is 0 Å². The summed E-state index contributed by atoms with van der Waals surface area (Å²) in [6.07, 6.45) is 7.63. The number of piperidine rings is 1. The van der Waals surface area contributed by atoms with E-state index in [1.54, 1.807) is 18.6 Å². The number of benzene rings is 1. The van der Waals surface area contributed by atoms with Gasteiger partial charge in [-0.1, -0.05) is 12.1 Å². The molecule has 1 aliphatic rings. The van der Waals surface area contributed by atoms with Gasteiger partial charge in [0.15, 0.2) is 5.82 Å². The molecular formula is C22H25N5O. The van der Waals surface area contributed by atoms with E-state index < -0.39 is 0 Å². The van der Waals surface area contributed by atoms with Crippen LogP contribution in [0.4, 0.5) is 5.82 Å². The van der Waals surface area contributed by atoms with Crippen LogP contribution >= 0.6 is 0 Å². The van der Waals surface area contributed by atoms with E-state index in [0.717, 1.165) is 43.2 Å². The molecule has 1 unspecified atom stereocenters. The number of pyridine rings is 1. The second-order valence-corrected chi connectivity index (χ2v) is 7.04. The standard InChI is InChI=1S/C22H25N5O/c1-4-22(26-25-11-1)27-14-2-3-20(16-27)24-15-18-5-7-21(8-6-18)28-17-19-9-12-23-13-10-19/h1,4-13,20,24H,2-3,14-17H2. The molecule has 6 nitrogen and oxygen atoms in total. The highest BCUT2D eigenvalue weighted by Crippen LogP contribution is 2.18. The molecule has 0 radical (unpaired) electrons. The van der Waals surface area contributed by atoms with Crippen LogP contribution in [0.15, 0.2) is 67.1 Å². The minimum absolute atomic E-state index is 0.457. The lowest BCUT2D eigenvalue weighted by atomic mass is 10.1. The molecular weight excluding hydrogens is 350 g/mol. The highest BCUT2D eigenvalue weighted by Gasteiger charge is 2.20. The summed E-state index contributed by atoms with van der Waals surface area (Å²) >= 11 is 0. The molecule has 0 amide bonds. The van der Waals surface area contributed by atoms with Crippen LogP contribution in [-0.4, -0.2) is 34.3 Å². The normalized spacial score (nSPS) is 16.7. The zero-order chi connectivity index (χ0) is 19.0. The molecule has 1 aliphatic heterocycles. The maximum Gasteiger partial charge on any atom is 0.151 e. The number of hydrogen-bond acceptors (Lipinski definition) is 6. The molecule has 1 atom stereocenters. The van der Waals surface area contributed by atoms with Gasteiger partial charge in [-0.3, -0.25) is 4.98 Å². The maximum atomic E-state index is 5.84. The van der Waals surface area contributed by atoms with Gasteiger partial charge in [0, 0.05) is 44.3 Å². The van der Waals surface area contributed by atoms with E-state index in [9.17, 15) is 0 Å². The largest absolute Gasteiger partial charge is 0.489 e. The van der Waals surface area contributed by atoms with Crippen molar-refractivity contribution in [2.45, 2.75) is 32.0 Å². The van der Waals surface area contributed by atoms with Gasteiger partial charge in [-0.2, -0.15) is 5.10 Å². The molecule has 144 valence electrons. The van der Waals surface area contributed by atoms with Crippen molar-refractivity contribution < 1.29 is 4.74 Å². The average molecular weight is 375 g/mol. The van der Waals surface area contributed by atoms with Crippen LogP contribution < -0.4 is 15.0 Å². The van der Waals surface area contributed by atoms with Crippen molar-refractivity contribution >= 4 is 5.82 Å². The second kappa shape index (κ2) is 9.28. The molecule has 6 heteroatoms. The van der Waals surface area contributed by atoms with Crippen LogP contribution in [0.3, 0.4) is 0 Å². The lowest BCUT2D eigenvalue weighted by Gasteiger charge is -2.33. The summed E-state index contributed by atoms with van der Waals surface area (Å²) in [5.41, 5.74) is 2.37. The van der Waals surface area contributed by atoms with E-state index in [2.05, 4.69) is 37.5 Å². The fourth-order valence-electron chi connectivity index (χ4n) is 3.43. The lowest BCUT2D eigenvalue weighted by Crippen LogP contribution is -2.45. The van der Waals surface area contributed by atoms with Gasteiger partial charge in [0.05, 0.1) is 0 Å². The van der Waals surface area contributed by atoms with E-state index in [4.69, 9.17) is 4.74 Å². The Kier molecular flexibility index (Phi) is 6.09. The van der Waals surface area contributed by atoms with Gasteiger partial charge in [0.1, 0.15) is 12.4 Å². The Labute approximate surface area is 165 Å². The van der Waals surface area contributed by atoms with Crippen LogP contribution in [0.25, 0.3) is 0 Å². The van der Waals surface area contributed by atoms with Gasteiger partial charge in [-0.05, 0) is 60.4 Å². The minimum Gasteiger partial charge on any atom is -0.489 e. The van der Waals surface area contributed by atoms with Crippen LogP contribution in [0.2, 0.25) is 0 Å². The van der Waals surface area contributed by atoms with Crippen molar-refractivity contribution in [3.63, 3.8) is 0 Å². The predicted molar refractivity (Wildman–Crippen MR) is 109 cm³/mol. The number of aromatic nitrogens is 3. The Morgan fingerprint density at radius 1 is 1.00 bits per heavy atom. The summed E-state index contributed by atoms with van der Waals surface area (Å²) in [6, 6.07) is 16.7. The first-order valence-corrected chi connectivity index (χ1v) is 9.73. The molecule has 0 spiro atoms. The van der Waals surface area contributed by atoms with Crippen molar-refractivity contribution in [1.82, 2.24) is 20.5 Å². The summed E-state index contributed by atoms with van der Waals surface area (Å²) in [4.78, 5) is 6.33. The minimum atomic E-state index is 0.457. The summed E-state index contributed by atoms with van der Waals surface area (Å²) in [6.45, 7) is 3.41. The van der Waals surface area contributed by atoms with E-state index in [0.29, 0.717) is 12.6 Å². The monoisotopic (exact) mass is 375 g/mol. The topological polar surface area (TPSA) is 63.2 Å². The third-order valence-corrected chi connectivity index (χ3v) is 4.98. The molecule has 28 heavy (non-hydrogen) atoms. The van der Waals surface area contributed by atoms with Crippen molar-refractivity contribution in [2.24, 2.45) is 0 Å². The highest BCUT2D eigenvalue weighted by atomic mass is 16.5. The fraction of sp³-hybridized carbons (Fsp3) is 0.318. The zero-order valence-corrected chi connectivity index (χ0v) is 15.9. The van der Waals surface area contributed by atoms with E-state index in [1.807, 2.05) is 36.4 Å². The molecule has 2 aromatic heterocycles. The second-order valence-electron chi connectivity index (χ2n) is 7.04. The first-order chi connectivity index (χ1) is 13.9. The number of anilines is 1. The number of hydrogen-bond donors (Lipinski definition) is 1. The SMILES string of the molecule is c1cnnc(N2CCCC(NCc3ccc(OCc4ccncc4)cc3)C2)c1. The Hall–Kier alpha value is -2.99. The highest BCUT2D eigenvalue weighted by molar-refractivity contribution is 5.37. The van der Waals surface area contributed by atoms with Gasteiger partial charge in [0.25, 0.3) is 0 Å². The van der Waals surface area contributed by atoms with Crippen LogP contribution in [-0.2, 0) is 13.2 Å². The zero-order valence-electron chi connectivity index (χ0n) is 15.9. The summed E-state index contributed by atoms with van der Waals surface area (Å²) < 4.78 is 5.84. The average Bonchev–Trinajstić information content (AvgIpc) is 2.78. The lowest BCUT2D eigenvalue weighted by molar-refractivity contribution is 0.306. The van der Waals surface area contributed by atoms with Gasteiger partial charge in [0.2, 0.25) is 0 Å². The summed E-state index contributed by atoms with van der Waals surface area (Å²) in [5.74, 6) is 1.84. The molecule has 4 rings (SSSR count). The Balaban J connectivity index is 1.25. The first kappa shape index (κ1) is 18.4. The number of ether oxygens (including phenoxy) is 1. The van der Waals surface area contributed by atoms with Crippen molar-refractivity contribution in [2.75, 3.05) is 18.0 Å². The third-order valence-electron chi connectivity index (χ3n) is 4.98. The maximum absolute atomic E-state index is 5.84. The molecule has 1 fully saturated rings. The Morgan fingerprint density at radius 3 is 2.64 bits per heavy atom. The summed E-state index contributed by atoms with van der Waals surface area (Å²) in [5, 5.41) is 11.9. The molecule has 0 bridgehead atoms. The Bertz CT molecular complexity index is 842. The third kappa shape index (κ3) is 5.04. The van der Waals surface area contributed by atoms with Gasteiger partial charge in [-0.15, -0.1) is 5.10 Å². The van der Waals surface area contributed by atoms with Gasteiger partial charge < -0.3 is 15.0 Å². The number of nitrogens with zero attached hydrogens (tertiary/aromatic N) is 4. The molecule has 1 saturated heterocycles. The predicted octanol–water partition coefficient (Wildman–Crippen LogP) is 3.21. The van der Waals surface area contributed by atoms with Crippen LogP contribution in [0.1, 0.15) is 24.0 Å². The molecule has 0 aliphatic carbocycles. The van der Waals surface area contributed by atoms with E-state index in [1.165, 1.54) is 12.0 Å². The van der Waals surface area contributed by atoms with E-state index in [-0.39, 0.29) is 0 Å². The number of rotatable bonds is 7. The molecule has 0 saturated carbocycles. The van der Waals surface area contributed by atoms with Gasteiger partial charge >= 0.3 is 0 Å². The molecule has 1 aromatic carbocycles. The first-order valence-electron chi connectivity index (χ1n) is 9.73. The molecule has 3 aromatic rings.